The third kappa shape index (κ3) is 4.36. The van der Waals surface area contributed by atoms with Crippen molar-refractivity contribution in [1.82, 2.24) is 0 Å². The maximum Gasteiger partial charge on any atom is 0.243 e. The van der Waals surface area contributed by atoms with E-state index < -0.39 is 0 Å². The molecule has 0 unspecified atom stereocenters. The fourth-order valence-electron chi connectivity index (χ4n) is 1.96. The van der Waals surface area contributed by atoms with Crippen molar-refractivity contribution < 1.29 is 4.79 Å². The molecule has 4 heteroatoms. The third-order valence-corrected chi connectivity index (χ3v) is 3.06. The van der Waals surface area contributed by atoms with E-state index in [-0.39, 0.29) is 12.5 Å². The molecule has 2 aromatic carbocycles. The molecule has 0 radical (unpaired) electrons. The van der Waals surface area contributed by atoms with Crippen molar-refractivity contribution in [2.75, 3.05) is 17.2 Å². The number of nitriles is 1. The van der Waals surface area contributed by atoms with Gasteiger partial charge in [-0.1, -0.05) is 25.1 Å². The van der Waals surface area contributed by atoms with E-state index in [1.807, 2.05) is 30.3 Å². The molecule has 0 fully saturated rings. The summed E-state index contributed by atoms with van der Waals surface area (Å²) in [6, 6.07) is 16.9. The first kappa shape index (κ1) is 14.6. The van der Waals surface area contributed by atoms with Crippen molar-refractivity contribution in [3.8, 4) is 6.07 Å². The second-order valence-electron chi connectivity index (χ2n) is 4.65. The van der Waals surface area contributed by atoms with E-state index in [9.17, 15) is 4.79 Å². The quantitative estimate of drug-likeness (QED) is 0.883. The minimum Gasteiger partial charge on any atom is -0.376 e. The minimum absolute atomic E-state index is 0.120. The summed E-state index contributed by atoms with van der Waals surface area (Å²) in [5.41, 5.74) is 3.30. The van der Waals surface area contributed by atoms with E-state index in [1.54, 1.807) is 18.2 Å². The number of rotatable bonds is 5. The smallest absolute Gasteiger partial charge is 0.243 e. The fraction of sp³-hybridized carbons (Fsp3) is 0.176. The van der Waals surface area contributed by atoms with Crippen molar-refractivity contribution in [3.63, 3.8) is 0 Å². The predicted molar refractivity (Wildman–Crippen MR) is 84.1 cm³/mol. The van der Waals surface area contributed by atoms with Gasteiger partial charge in [-0.15, -0.1) is 0 Å². The molecule has 21 heavy (non-hydrogen) atoms. The molecule has 4 nitrogen and oxygen atoms in total. The van der Waals surface area contributed by atoms with Crippen LogP contribution < -0.4 is 10.6 Å². The topological polar surface area (TPSA) is 64.9 Å². The lowest BCUT2D eigenvalue weighted by atomic mass is 10.1. The number of anilines is 2. The first-order valence-electron chi connectivity index (χ1n) is 6.84. The summed E-state index contributed by atoms with van der Waals surface area (Å²) in [6.07, 6.45) is 0.933. The third-order valence-electron chi connectivity index (χ3n) is 3.06. The second kappa shape index (κ2) is 7.11. The molecular formula is C17H17N3O. The van der Waals surface area contributed by atoms with Gasteiger partial charge in [0.15, 0.2) is 0 Å². The van der Waals surface area contributed by atoms with Crippen LogP contribution in [0.1, 0.15) is 18.1 Å². The average Bonchev–Trinajstić information content (AvgIpc) is 2.53. The molecule has 0 aromatic heterocycles. The Kier molecular flexibility index (Phi) is 4.94. The van der Waals surface area contributed by atoms with Crippen LogP contribution in [-0.2, 0) is 11.2 Å². The first-order valence-corrected chi connectivity index (χ1v) is 6.84. The molecule has 2 N–H and O–H groups in total. The highest BCUT2D eigenvalue weighted by Crippen LogP contribution is 2.12. The van der Waals surface area contributed by atoms with Gasteiger partial charge in [0, 0.05) is 11.4 Å². The van der Waals surface area contributed by atoms with Crippen molar-refractivity contribution >= 4 is 17.3 Å². The molecule has 2 aromatic rings. The van der Waals surface area contributed by atoms with Crippen LogP contribution in [0.4, 0.5) is 11.4 Å². The number of amides is 1. The lowest BCUT2D eigenvalue weighted by Crippen LogP contribution is -2.21. The number of aryl methyl sites for hydroxylation is 1. The van der Waals surface area contributed by atoms with E-state index in [1.165, 1.54) is 5.56 Å². The van der Waals surface area contributed by atoms with Gasteiger partial charge in [0.1, 0.15) is 0 Å². The van der Waals surface area contributed by atoms with Crippen molar-refractivity contribution in [2.24, 2.45) is 0 Å². The number of carbonyl (C=O) groups is 1. The molecule has 0 aliphatic carbocycles. The second-order valence-corrected chi connectivity index (χ2v) is 4.65. The summed E-state index contributed by atoms with van der Waals surface area (Å²) >= 11 is 0. The average molecular weight is 279 g/mol. The van der Waals surface area contributed by atoms with Crippen molar-refractivity contribution in [1.29, 1.82) is 5.26 Å². The van der Waals surface area contributed by atoms with Crippen molar-refractivity contribution in [2.45, 2.75) is 13.3 Å². The Bertz CT molecular complexity index is 674. The van der Waals surface area contributed by atoms with Crippen LogP contribution in [0.25, 0.3) is 0 Å². The van der Waals surface area contributed by atoms with Gasteiger partial charge in [0.05, 0.1) is 18.2 Å². The van der Waals surface area contributed by atoms with Crippen LogP contribution in [-0.4, -0.2) is 12.5 Å². The number of nitrogens with zero attached hydrogens (tertiary/aromatic N) is 1. The largest absolute Gasteiger partial charge is 0.376 e. The number of benzene rings is 2. The molecule has 0 atom stereocenters. The molecule has 106 valence electrons. The summed E-state index contributed by atoms with van der Waals surface area (Å²) in [4.78, 5) is 11.9. The Morgan fingerprint density at radius 3 is 2.67 bits per heavy atom. The molecular weight excluding hydrogens is 262 g/mol. The van der Waals surface area contributed by atoms with E-state index in [2.05, 4.69) is 23.6 Å². The van der Waals surface area contributed by atoms with Gasteiger partial charge < -0.3 is 10.6 Å². The van der Waals surface area contributed by atoms with Gasteiger partial charge in [-0.05, 0) is 42.3 Å². The number of carbonyl (C=O) groups excluding carboxylic acids is 1. The monoisotopic (exact) mass is 279 g/mol. The van der Waals surface area contributed by atoms with Gasteiger partial charge in [-0.2, -0.15) is 5.26 Å². The zero-order chi connectivity index (χ0) is 15.1. The molecule has 0 heterocycles. The summed E-state index contributed by atoms with van der Waals surface area (Å²) < 4.78 is 0. The molecule has 0 aliphatic heterocycles. The van der Waals surface area contributed by atoms with Crippen LogP contribution in [0.2, 0.25) is 0 Å². The van der Waals surface area contributed by atoms with Crippen molar-refractivity contribution in [3.05, 3.63) is 59.7 Å². The zero-order valence-corrected chi connectivity index (χ0v) is 11.9. The van der Waals surface area contributed by atoms with Gasteiger partial charge in [-0.3, -0.25) is 4.79 Å². The fourth-order valence-corrected chi connectivity index (χ4v) is 1.96. The summed E-state index contributed by atoms with van der Waals surface area (Å²) in [5, 5.41) is 14.7. The Balaban J connectivity index is 1.91. The Labute approximate surface area is 124 Å². The highest BCUT2D eigenvalue weighted by Gasteiger charge is 2.03. The van der Waals surface area contributed by atoms with Gasteiger partial charge in [-0.25, -0.2) is 0 Å². The lowest BCUT2D eigenvalue weighted by molar-refractivity contribution is -0.114. The molecule has 2 rings (SSSR count). The molecule has 0 spiro atoms. The van der Waals surface area contributed by atoms with Gasteiger partial charge >= 0.3 is 0 Å². The number of hydrogen-bond acceptors (Lipinski definition) is 3. The zero-order valence-electron chi connectivity index (χ0n) is 11.9. The van der Waals surface area contributed by atoms with Crippen LogP contribution >= 0.6 is 0 Å². The van der Waals surface area contributed by atoms with E-state index >= 15 is 0 Å². The first-order chi connectivity index (χ1) is 10.2. The van der Waals surface area contributed by atoms with Crippen LogP contribution in [0, 0.1) is 11.3 Å². The van der Waals surface area contributed by atoms with E-state index in [4.69, 9.17) is 5.26 Å². The molecule has 0 bridgehead atoms. The van der Waals surface area contributed by atoms with Gasteiger partial charge in [0.25, 0.3) is 0 Å². The SMILES string of the molecule is CCc1cccc(NC(=O)CNc2cccc(C#N)c2)c1. The standard InChI is InChI=1S/C17H17N3O/c1-2-13-5-3-8-16(9-13)20-17(21)12-19-15-7-4-6-14(10-15)11-18/h3-10,19H,2,12H2,1H3,(H,20,21). The highest BCUT2D eigenvalue weighted by molar-refractivity contribution is 5.93. The minimum atomic E-state index is -0.120. The summed E-state index contributed by atoms with van der Waals surface area (Å²) in [7, 11) is 0. The summed E-state index contributed by atoms with van der Waals surface area (Å²) in [6.45, 7) is 2.23. The van der Waals surface area contributed by atoms with E-state index in [0.717, 1.165) is 17.8 Å². The number of nitrogens with one attached hydrogen (secondary N) is 2. The molecule has 0 saturated heterocycles. The van der Waals surface area contributed by atoms with Crippen LogP contribution in [0.15, 0.2) is 48.5 Å². The Hall–Kier alpha value is -2.80. The highest BCUT2D eigenvalue weighted by atomic mass is 16.1. The Morgan fingerprint density at radius 2 is 1.90 bits per heavy atom. The maximum absolute atomic E-state index is 11.9. The lowest BCUT2D eigenvalue weighted by Gasteiger charge is -2.09. The number of hydrogen-bond donors (Lipinski definition) is 2. The predicted octanol–water partition coefficient (Wildman–Crippen LogP) is 3.17. The molecule has 0 aliphatic rings. The summed E-state index contributed by atoms with van der Waals surface area (Å²) in [5.74, 6) is -0.120. The van der Waals surface area contributed by atoms with E-state index in [0.29, 0.717) is 5.56 Å². The van der Waals surface area contributed by atoms with Gasteiger partial charge in [0.2, 0.25) is 5.91 Å². The maximum atomic E-state index is 11.9. The van der Waals surface area contributed by atoms with Crippen LogP contribution in [0.3, 0.4) is 0 Å². The normalized spacial score (nSPS) is 9.71. The Morgan fingerprint density at radius 1 is 1.14 bits per heavy atom. The molecule has 1 amide bonds. The molecule has 0 saturated carbocycles. The van der Waals surface area contributed by atoms with Crippen LogP contribution in [0.5, 0.6) is 0 Å².